The molecule has 7 heteroatoms. The molecule has 0 aliphatic carbocycles. The molecule has 0 saturated heterocycles. The van der Waals surface area contributed by atoms with Gasteiger partial charge in [0.2, 0.25) is 0 Å². The molecule has 0 unspecified atom stereocenters. The van der Waals surface area contributed by atoms with E-state index in [1.54, 1.807) is 41.1 Å². The average Bonchev–Trinajstić information content (AvgIpc) is 3.28. The zero-order valence-electron chi connectivity index (χ0n) is 20.2. The first kappa shape index (κ1) is 22.4. The third-order valence-corrected chi connectivity index (χ3v) is 6.19. The van der Waals surface area contributed by atoms with E-state index in [1.165, 1.54) is 6.07 Å². The van der Waals surface area contributed by atoms with Crippen molar-refractivity contribution in [3.05, 3.63) is 118 Å². The van der Waals surface area contributed by atoms with E-state index < -0.39 is 0 Å². The first-order chi connectivity index (χ1) is 17.9. The second kappa shape index (κ2) is 8.87. The van der Waals surface area contributed by atoms with E-state index in [0.717, 1.165) is 22.2 Å². The van der Waals surface area contributed by atoms with Gasteiger partial charge in [-0.1, -0.05) is 42.0 Å². The highest BCUT2D eigenvalue weighted by atomic mass is 16.3. The number of hydrogen-bond acceptors (Lipinski definition) is 5. The molecule has 0 saturated carbocycles. The number of hydrogen-bond donors (Lipinski definition) is 1. The molecule has 3 aromatic heterocycles. The number of benzene rings is 3. The van der Waals surface area contributed by atoms with Crippen LogP contribution in [0, 0.1) is 13.8 Å². The summed E-state index contributed by atoms with van der Waals surface area (Å²) < 4.78 is 7.58. The number of rotatable bonds is 4. The Bertz CT molecular complexity index is 1870. The van der Waals surface area contributed by atoms with E-state index >= 15 is 0 Å². The summed E-state index contributed by atoms with van der Waals surface area (Å²) in [6.45, 7) is 3.80. The minimum atomic E-state index is -0.288. The second-order valence-corrected chi connectivity index (χ2v) is 8.95. The van der Waals surface area contributed by atoms with Crippen LogP contribution >= 0.6 is 0 Å². The Labute approximate surface area is 212 Å². The monoisotopic (exact) mass is 486 g/mol. The Hall–Kier alpha value is -5.04. The quantitative estimate of drug-likeness (QED) is 0.327. The zero-order chi connectivity index (χ0) is 25.5. The lowest BCUT2D eigenvalue weighted by Gasteiger charge is -2.10. The minimum absolute atomic E-state index is 0.104. The van der Waals surface area contributed by atoms with Gasteiger partial charge in [-0.25, -0.2) is 4.98 Å². The van der Waals surface area contributed by atoms with Gasteiger partial charge in [0.25, 0.3) is 5.91 Å². The highest BCUT2D eigenvalue weighted by molar-refractivity contribution is 6.04. The Morgan fingerprint density at radius 2 is 1.70 bits per heavy atom. The van der Waals surface area contributed by atoms with Crippen molar-refractivity contribution in [1.29, 1.82) is 0 Å². The minimum Gasteiger partial charge on any atom is -0.456 e. The molecule has 3 aromatic carbocycles. The summed E-state index contributed by atoms with van der Waals surface area (Å²) in [5.41, 5.74) is 4.18. The van der Waals surface area contributed by atoms with Gasteiger partial charge in [0, 0.05) is 28.6 Å². The molecule has 3 heterocycles. The summed E-state index contributed by atoms with van der Waals surface area (Å²) in [4.78, 5) is 30.4. The van der Waals surface area contributed by atoms with Crippen LogP contribution < -0.4 is 10.7 Å². The Balaban J connectivity index is 1.27. The predicted molar refractivity (Wildman–Crippen MR) is 144 cm³/mol. The lowest BCUT2D eigenvalue weighted by molar-refractivity contribution is 0.102. The topological polar surface area (TPSA) is 90.0 Å². The fraction of sp³-hybridized carbons (Fsp3) is 0.0667. The van der Waals surface area contributed by atoms with Gasteiger partial charge in [0.1, 0.15) is 17.2 Å². The van der Waals surface area contributed by atoms with E-state index in [1.807, 2.05) is 62.4 Å². The van der Waals surface area contributed by atoms with E-state index in [0.29, 0.717) is 39.5 Å². The fourth-order valence-electron chi connectivity index (χ4n) is 4.32. The average molecular weight is 487 g/mol. The van der Waals surface area contributed by atoms with Crippen LogP contribution in [0.5, 0.6) is 0 Å². The van der Waals surface area contributed by atoms with E-state index in [4.69, 9.17) is 9.40 Å². The number of pyridine rings is 1. The number of fused-ring (bicyclic) bond motifs is 2. The molecule has 1 amide bonds. The summed E-state index contributed by atoms with van der Waals surface area (Å²) >= 11 is 0. The summed E-state index contributed by atoms with van der Waals surface area (Å²) in [7, 11) is 0. The number of anilines is 1. The van der Waals surface area contributed by atoms with Crippen molar-refractivity contribution in [2.24, 2.45) is 0 Å². The van der Waals surface area contributed by atoms with Gasteiger partial charge in [0.15, 0.2) is 11.2 Å². The van der Waals surface area contributed by atoms with E-state index in [-0.39, 0.29) is 11.3 Å². The van der Waals surface area contributed by atoms with Gasteiger partial charge < -0.3 is 9.73 Å². The standard InChI is InChI=1S/C30H22N4O3/c1-18-7-13-26-23(15-18)25(35)17-27(37-26)21-8-10-22(11-9-21)30(36)32-29-16-19(2)33-34(29)28-14-12-20-5-3-4-6-24(20)31-28/h3-17H,1-2H3,(H,32,36). The van der Waals surface area contributed by atoms with Crippen LogP contribution in [0.4, 0.5) is 5.82 Å². The molecule has 0 spiro atoms. The molecule has 37 heavy (non-hydrogen) atoms. The first-order valence-corrected chi connectivity index (χ1v) is 11.8. The molecule has 6 aromatic rings. The molecule has 180 valence electrons. The number of para-hydroxylation sites is 1. The highest BCUT2D eigenvalue weighted by Crippen LogP contribution is 2.24. The van der Waals surface area contributed by atoms with Crippen molar-refractivity contribution in [3.63, 3.8) is 0 Å². The van der Waals surface area contributed by atoms with Crippen molar-refractivity contribution < 1.29 is 9.21 Å². The summed E-state index contributed by atoms with van der Waals surface area (Å²) in [6.07, 6.45) is 0. The lowest BCUT2D eigenvalue weighted by Crippen LogP contribution is -2.15. The number of aromatic nitrogens is 3. The molecule has 6 rings (SSSR count). The fourth-order valence-corrected chi connectivity index (χ4v) is 4.32. The largest absolute Gasteiger partial charge is 0.456 e. The van der Waals surface area contributed by atoms with Crippen molar-refractivity contribution >= 4 is 33.6 Å². The summed E-state index contributed by atoms with van der Waals surface area (Å²) in [5, 5.41) is 9.04. The zero-order valence-corrected chi connectivity index (χ0v) is 20.2. The third kappa shape index (κ3) is 4.27. The van der Waals surface area contributed by atoms with Gasteiger partial charge in [0.05, 0.1) is 16.6 Å². The number of carbonyl (C=O) groups excluding carboxylic acids is 1. The van der Waals surface area contributed by atoms with Crippen molar-refractivity contribution in [2.45, 2.75) is 13.8 Å². The summed E-state index contributed by atoms with van der Waals surface area (Å²) in [6, 6.07) is 27.4. The molecule has 0 fully saturated rings. The number of amides is 1. The van der Waals surface area contributed by atoms with Gasteiger partial charge >= 0.3 is 0 Å². The van der Waals surface area contributed by atoms with Gasteiger partial charge in [-0.05, 0) is 56.3 Å². The van der Waals surface area contributed by atoms with E-state index in [2.05, 4.69) is 10.4 Å². The molecule has 0 aliphatic rings. The Morgan fingerprint density at radius 3 is 2.54 bits per heavy atom. The smallest absolute Gasteiger partial charge is 0.256 e. The molecular weight excluding hydrogens is 464 g/mol. The number of nitrogens with zero attached hydrogens (tertiary/aromatic N) is 3. The van der Waals surface area contributed by atoms with Gasteiger partial charge in [-0.15, -0.1) is 0 Å². The molecule has 0 atom stereocenters. The number of nitrogens with one attached hydrogen (secondary N) is 1. The molecule has 0 radical (unpaired) electrons. The number of carbonyl (C=O) groups is 1. The highest BCUT2D eigenvalue weighted by Gasteiger charge is 2.15. The van der Waals surface area contributed by atoms with Crippen LogP contribution in [-0.4, -0.2) is 20.7 Å². The molecule has 0 bridgehead atoms. The van der Waals surface area contributed by atoms with Gasteiger partial charge in [-0.3, -0.25) is 9.59 Å². The molecule has 1 N–H and O–H groups in total. The maximum absolute atomic E-state index is 13.1. The molecule has 7 nitrogen and oxygen atoms in total. The Morgan fingerprint density at radius 1 is 0.892 bits per heavy atom. The van der Waals surface area contributed by atoms with Crippen LogP contribution in [0.25, 0.3) is 39.0 Å². The maximum Gasteiger partial charge on any atom is 0.256 e. The SMILES string of the molecule is Cc1ccc2oc(-c3ccc(C(=O)Nc4cc(C)nn4-c4ccc5ccccc5n4)cc3)cc(=O)c2c1. The lowest BCUT2D eigenvalue weighted by atomic mass is 10.1. The normalized spacial score (nSPS) is 11.2. The van der Waals surface area contributed by atoms with Crippen LogP contribution in [-0.2, 0) is 0 Å². The van der Waals surface area contributed by atoms with Crippen LogP contribution in [0.15, 0.2) is 100 Å². The van der Waals surface area contributed by atoms with Crippen molar-refractivity contribution in [3.8, 4) is 17.1 Å². The Kier molecular flexibility index (Phi) is 5.38. The van der Waals surface area contributed by atoms with Crippen molar-refractivity contribution in [1.82, 2.24) is 14.8 Å². The van der Waals surface area contributed by atoms with Crippen LogP contribution in [0.2, 0.25) is 0 Å². The summed E-state index contributed by atoms with van der Waals surface area (Å²) in [5.74, 6) is 1.29. The van der Waals surface area contributed by atoms with E-state index in [9.17, 15) is 9.59 Å². The van der Waals surface area contributed by atoms with Crippen molar-refractivity contribution in [2.75, 3.05) is 5.32 Å². The van der Waals surface area contributed by atoms with Crippen LogP contribution in [0.1, 0.15) is 21.6 Å². The second-order valence-electron chi connectivity index (χ2n) is 8.95. The maximum atomic E-state index is 13.1. The molecule has 0 aliphatic heterocycles. The predicted octanol–water partition coefficient (Wildman–Crippen LogP) is 6.06. The molecular formula is C30H22N4O3. The third-order valence-electron chi connectivity index (χ3n) is 6.19. The van der Waals surface area contributed by atoms with Crippen LogP contribution in [0.3, 0.4) is 0 Å². The number of aryl methyl sites for hydroxylation is 2. The van der Waals surface area contributed by atoms with Gasteiger partial charge in [-0.2, -0.15) is 9.78 Å². The first-order valence-electron chi connectivity index (χ1n) is 11.8.